The van der Waals surface area contributed by atoms with E-state index in [1.165, 1.54) is 0 Å². The van der Waals surface area contributed by atoms with Gasteiger partial charge < -0.3 is 0 Å². The van der Waals surface area contributed by atoms with E-state index in [4.69, 9.17) is 0 Å². The lowest BCUT2D eigenvalue weighted by molar-refractivity contribution is -0.388. The summed E-state index contributed by atoms with van der Waals surface area (Å²) in [5.41, 5.74) is -13.5. The predicted octanol–water partition coefficient (Wildman–Crippen LogP) is 1.40. The van der Waals surface area contributed by atoms with E-state index in [0.717, 1.165) is 0 Å². The van der Waals surface area contributed by atoms with Crippen LogP contribution in [-0.4, -0.2) is 36.1 Å². The Morgan fingerprint density at radius 2 is 0.820 bits per heavy atom. The average Bonchev–Trinajstić information content (AvgIpc) is 3.37. The van der Waals surface area contributed by atoms with Crippen molar-refractivity contribution in [2.75, 3.05) is 0 Å². The molecule has 0 aliphatic carbocycles. The maximum Gasteiger partial charge on any atom is 0.416 e. The summed E-state index contributed by atoms with van der Waals surface area (Å²) in [4.78, 5) is 68.4. The minimum absolute atomic E-state index is 0.113. The van der Waals surface area contributed by atoms with Gasteiger partial charge in [-0.3, -0.25) is 48.0 Å². The Morgan fingerprint density at radius 1 is 0.540 bits per heavy atom. The number of rotatable bonds is 8. The van der Waals surface area contributed by atoms with E-state index in [-0.39, 0.29) is 36.4 Å². The van der Waals surface area contributed by atoms with Crippen LogP contribution in [0.1, 0.15) is 11.1 Å². The number of hydrogen-bond acceptors (Lipinski definition) is 14. The topological polar surface area (TPSA) is 251 Å². The van der Waals surface area contributed by atoms with Gasteiger partial charge in [-0.05, 0) is 36.4 Å². The zero-order valence-electron chi connectivity index (χ0n) is 23.2. The zero-order chi connectivity index (χ0) is 37.5. The summed E-state index contributed by atoms with van der Waals surface area (Å²) in [5.74, 6) is 0. The second-order valence-corrected chi connectivity index (χ2v) is 12.7. The van der Waals surface area contributed by atoms with Gasteiger partial charge in [0.2, 0.25) is 0 Å². The molecule has 0 spiro atoms. The number of nitro groups is 2. The molecule has 0 atom stereocenters. The monoisotopic (exact) mass is 754 g/mol. The Balaban J connectivity index is 1.60. The summed E-state index contributed by atoms with van der Waals surface area (Å²) >= 11 is 0. The zero-order valence-corrected chi connectivity index (χ0v) is 24.8. The van der Waals surface area contributed by atoms with Crippen LogP contribution < -0.4 is 30.8 Å². The number of nitro benzene ring substituents is 2. The molecule has 18 nitrogen and oxygen atoms in total. The summed E-state index contributed by atoms with van der Waals surface area (Å²) in [5, 5.41) is 19.1. The Labute approximate surface area is 267 Å². The maximum atomic E-state index is 13.0. The summed E-state index contributed by atoms with van der Waals surface area (Å²) in [6.07, 6.45) is -10.3. The number of fused-ring (bicyclic) bond motifs is 2. The Bertz CT molecular complexity index is 2500. The Kier molecular flexibility index (Phi) is 7.86. The summed E-state index contributed by atoms with van der Waals surface area (Å²) in [7, 11) is -11.3. The van der Waals surface area contributed by atoms with Crippen LogP contribution in [-0.2, 0) is 32.6 Å². The first-order valence-corrected chi connectivity index (χ1v) is 15.2. The van der Waals surface area contributed by atoms with E-state index in [0.29, 0.717) is 12.1 Å². The second-order valence-electron chi connectivity index (χ2n) is 9.68. The van der Waals surface area contributed by atoms with Crippen LogP contribution in [0.25, 0.3) is 21.5 Å². The van der Waals surface area contributed by atoms with E-state index in [1.807, 2.05) is 0 Å². The molecule has 0 saturated carbocycles. The van der Waals surface area contributed by atoms with Gasteiger partial charge in [-0.2, -0.15) is 43.2 Å². The van der Waals surface area contributed by atoms with E-state index in [2.05, 4.69) is 8.57 Å². The van der Waals surface area contributed by atoms with Gasteiger partial charge in [0, 0.05) is 12.1 Å². The molecule has 5 rings (SSSR count). The normalized spacial score (nSPS) is 12.8. The lowest BCUT2D eigenvalue weighted by Crippen LogP contribution is -2.36. The van der Waals surface area contributed by atoms with Crippen LogP contribution in [0.4, 0.5) is 37.7 Å². The molecular formula is C24H8F6N4O14S2. The lowest BCUT2D eigenvalue weighted by atomic mass is 10.1. The molecule has 0 radical (unpaired) electrons. The van der Waals surface area contributed by atoms with Gasteiger partial charge in [-0.1, -0.05) is 9.46 Å². The molecule has 2 heterocycles. The third kappa shape index (κ3) is 5.78. The van der Waals surface area contributed by atoms with Crippen LogP contribution in [0.5, 0.6) is 0 Å². The summed E-state index contributed by atoms with van der Waals surface area (Å²) in [6.45, 7) is 0. The van der Waals surface area contributed by atoms with Crippen molar-refractivity contribution < 1.29 is 61.6 Å². The molecule has 5 aromatic rings. The molecule has 0 N–H and O–H groups in total. The van der Waals surface area contributed by atoms with Crippen LogP contribution in [0, 0.1) is 20.2 Å². The highest BCUT2D eigenvalue weighted by Crippen LogP contribution is 2.36. The molecule has 0 fully saturated rings. The molecule has 0 bridgehead atoms. The van der Waals surface area contributed by atoms with Gasteiger partial charge in [-0.25, -0.2) is 0 Å². The van der Waals surface area contributed by atoms with Crippen molar-refractivity contribution in [1.82, 2.24) is 9.46 Å². The average molecular weight is 754 g/mol. The van der Waals surface area contributed by atoms with Crippen molar-refractivity contribution in [2.24, 2.45) is 0 Å². The highest BCUT2D eigenvalue weighted by Gasteiger charge is 2.38. The summed E-state index contributed by atoms with van der Waals surface area (Å²) in [6, 6.07) is 1.06. The van der Waals surface area contributed by atoms with E-state index in [1.54, 1.807) is 0 Å². The molecule has 0 saturated heterocycles. The molecule has 0 amide bonds. The Morgan fingerprint density at radius 3 is 1.06 bits per heavy atom. The molecule has 0 unspecified atom stereocenters. The number of benzene rings is 3. The van der Waals surface area contributed by atoms with Gasteiger partial charge in [-0.15, -0.1) is 0 Å². The second kappa shape index (κ2) is 11.2. The van der Waals surface area contributed by atoms with Crippen molar-refractivity contribution in [2.45, 2.75) is 22.1 Å². The standard InChI is InChI=1S/C24H8F6N4O14S2/c25-23(26,27)9-1-3-17(15(5-9)33(39)40)49(43,44)47-31-19(35)11-7-13-14(8-12(11)20(31)36)22(38)32(21(13)37)48-50(45,46)18-4-2-10(24(28,29)30)6-16(18)34(41)42/h1-8H. The van der Waals surface area contributed by atoms with Crippen LogP contribution in [0.15, 0.2) is 77.5 Å². The number of halogens is 6. The maximum absolute atomic E-state index is 13.0. The van der Waals surface area contributed by atoms with Gasteiger partial charge in [0.05, 0.1) is 42.5 Å². The minimum Gasteiger partial charge on any atom is -0.277 e. The van der Waals surface area contributed by atoms with Crippen LogP contribution in [0.2, 0.25) is 0 Å². The third-order valence-electron chi connectivity index (χ3n) is 6.67. The van der Waals surface area contributed by atoms with E-state index < -0.39 is 128 Å². The number of nitrogens with zero attached hydrogens (tertiary/aromatic N) is 4. The van der Waals surface area contributed by atoms with Crippen LogP contribution in [0.3, 0.4) is 0 Å². The fourth-order valence-corrected chi connectivity index (χ4v) is 6.51. The summed E-state index contributed by atoms with van der Waals surface area (Å²) < 4.78 is 137. The molecule has 3 aromatic carbocycles. The molecular weight excluding hydrogens is 746 g/mol. The highest BCUT2D eigenvalue weighted by atomic mass is 32.2. The fourth-order valence-electron chi connectivity index (χ4n) is 4.44. The van der Waals surface area contributed by atoms with Crippen molar-refractivity contribution in [1.29, 1.82) is 0 Å². The van der Waals surface area contributed by atoms with Gasteiger partial charge >= 0.3 is 32.6 Å². The lowest BCUT2D eigenvalue weighted by Gasteiger charge is -2.09. The van der Waals surface area contributed by atoms with E-state index >= 15 is 0 Å². The quantitative estimate of drug-likeness (QED) is 0.123. The predicted molar refractivity (Wildman–Crippen MR) is 149 cm³/mol. The minimum atomic E-state index is -5.64. The van der Waals surface area contributed by atoms with Gasteiger partial charge in [0.1, 0.15) is 0 Å². The molecule has 0 aliphatic rings. The molecule has 0 aliphatic heterocycles. The number of alkyl halides is 6. The smallest absolute Gasteiger partial charge is 0.277 e. The van der Waals surface area contributed by atoms with Crippen molar-refractivity contribution in [3.05, 3.63) is 121 Å². The molecule has 262 valence electrons. The number of aromatic nitrogens is 2. The van der Waals surface area contributed by atoms with Crippen LogP contribution >= 0.6 is 0 Å². The first kappa shape index (κ1) is 35.1. The first-order valence-electron chi connectivity index (χ1n) is 12.4. The van der Waals surface area contributed by atoms with Gasteiger partial charge in [0.25, 0.3) is 33.6 Å². The largest absolute Gasteiger partial charge is 0.416 e. The van der Waals surface area contributed by atoms with Crippen molar-refractivity contribution in [3.8, 4) is 0 Å². The molecule has 26 heteroatoms. The Hall–Kier alpha value is -6.18. The molecule has 50 heavy (non-hydrogen) atoms. The molecule has 2 aromatic heterocycles. The fraction of sp³-hybridized carbons (Fsp3) is 0.0833. The SMILES string of the molecule is O=c1c2cc3c(=O)n(OS(=O)(=O)c4ccc(C(F)(F)F)cc4[N+](=O)[O-])c(=O)c3cc2c(=O)n1OS(=O)(=O)c1ccc(C(F)(F)F)cc1[N+](=O)[O-]. The third-order valence-corrected chi connectivity index (χ3v) is 9.13. The van der Waals surface area contributed by atoms with Gasteiger partial charge in [0.15, 0.2) is 9.79 Å². The van der Waals surface area contributed by atoms with Crippen molar-refractivity contribution in [3.63, 3.8) is 0 Å². The first-order chi connectivity index (χ1) is 22.9. The van der Waals surface area contributed by atoms with E-state index in [9.17, 15) is 82.6 Å². The van der Waals surface area contributed by atoms with Crippen molar-refractivity contribution >= 4 is 53.2 Å². The number of hydrogen-bond donors (Lipinski definition) is 0. The highest BCUT2D eigenvalue weighted by molar-refractivity contribution is 7.87.